The highest BCUT2D eigenvalue weighted by atomic mass is 35.5. The van der Waals surface area contributed by atoms with Crippen LogP contribution in [0.5, 0.6) is 0 Å². The Morgan fingerprint density at radius 1 is 1.23 bits per heavy atom. The molecule has 1 saturated carbocycles. The second kappa shape index (κ2) is 4.09. The first kappa shape index (κ1) is 9.00. The lowest BCUT2D eigenvalue weighted by Gasteiger charge is -2.19. The third kappa shape index (κ3) is 2.44. The Hall–Kier alpha value is -0.570. The summed E-state index contributed by atoms with van der Waals surface area (Å²) in [6.45, 7) is 0. The average molecular weight is 201 g/mol. The van der Waals surface area contributed by atoms with Gasteiger partial charge in [-0.15, -0.1) is 5.10 Å². The van der Waals surface area contributed by atoms with Crippen molar-refractivity contribution in [1.29, 1.82) is 0 Å². The van der Waals surface area contributed by atoms with Crippen molar-refractivity contribution in [3.05, 3.63) is 11.2 Å². The van der Waals surface area contributed by atoms with E-state index in [-0.39, 0.29) is 5.35 Å². The molecule has 13 heavy (non-hydrogen) atoms. The first-order valence-corrected chi connectivity index (χ1v) is 5.20. The summed E-state index contributed by atoms with van der Waals surface area (Å²) in [5.41, 5.74) is 0. The van der Waals surface area contributed by atoms with Crippen LogP contribution in [0.1, 0.15) is 38.0 Å². The Morgan fingerprint density at radius 3 is 2.62 bits per heavy atom. The minimum atomic E-state index is 0.158. The van der Waals surface area contributed by atoms with Gasteiger partial charge < -0.3 is 4.42 Å². The minimum absolute atomic E-state index is 0.158. The summed E-state index contributed by atoms with van der Waals surface area (Å²) >= 11 is 5.54. The van der Waals surface area contributed by atoms with Gasteiger partial charge in [0.25, 0.3) is 0 Å². The minimum Gasteiger partial charge on any atom is -0.412 e. The van der Waals surface area contributed by atoms with E-state index in [9.17, 15) is 0 Å². The summed E-state index contributed by atoms with van der Waals surface area (Å²) in [5.74, 6) is 1.42. The largest absolute Gasteiger partial charge is 0.412 e. The highest BCUT2D eigenvalue weighted by molar-refractivity contribution is 6.27. The fourth-order valence-corrected chi connectivity index (χ4v) is 2.08. The summed E-state index contributed by atoms with van der Waals surface area (Å²) in [5, 5.41) is 7.65. The van der Waals surface area contributed by atoms with Gasteiger partial charge in [0, 0.05) is 6.42 Å². The van der Waals surface area contributed by atoms with Gasteiger partial charge in [-0.1, -0.05) is 24.4 Å². The van der Waals surface area contributed by atoms with Crippen molar-refractivity contribution in [2.24, 2.45) is 5.92 Å². The number of hydrogen-bond donors (Lipinski definition) is 0. The summed E-state index contributed by atoms with van der Waals surface area (Å²) in [4.78, 5) is 0. The Kier molecular flexibility index (Phi) is 2.83. The fourth-order valence-electron chi connectivity index (χ4n) is 1.95. The van der Waals surface area contributed by atoms with Gasteiger partial charge in [-0.25, -0.2) is 0 Å². The highest BCUT2D eigenvalue weighted by Gasteiger charge is 2.16. The van der Waals surface area contributed by atoms with Crippen LogP contribution in [0.15, 0.2) is 4.42 Å². The van der Waals surface area contributed by atoms with Crippen LogP contribution < -0.4 is 0 Å². The van der Waals surface area contributed by atoms with E-state index < -0.39 is 0 Å². The van der Waals surface area contributed by atoms with Gasteiger partial charge in [-0.2, -0.15) is 0 Å². The third-order valence-corrected chi connectivity index (χ3v) is 2.78. The van der Waals surface area contributed by atoms with Gasteiger partial charge >= 0.3 is 5.35 Å². The average Bonchev–Trinajstić information content (AvgIpc) is 2.53. The summed E-state index contributed by atoms with van der Waals surface area (Å²) in [6.07, 6.45) is 7.54. The number of halogens is 1. The molecular formula is C9H13ClN2O. The molecule has 0 radical (unpaired) electrons. The molecule has 0 aromatic carbocycles. The maximum absolute atomic E-state index is 5.54. The Bertz CT molecular complexity index is 268. The zero-order valence-electron chi connectivity index (χ0n) is 7.50. The standard InChI is InChI=1S/C9H13ClN2O/c10-9-12-11-8(13-9)6-7-4-2-1-3-5-7/h7H,1-6H2. The first-order chi connectivity index (χ1) is 6.34. The van der Waals surface area contributed by atoms with Crippen molar-refractivity contribution in [3.8, 4) is 0 Å². The van der Waals surface area contributed by atoms with E-state index in [1.807, 2.05) is 0 Å². The molecule has 1 fully saturated rings. The lowest BCUT2D eigenvalue weighted by molar-refractivity contribution is 0.329. The molecule has 1 aliphatic rings. The monoisotopic (exact) mass is 200 g/mol. The third-order valence-electron chi connectivity index (χ3n) is 2.63. The van der Waals surface area contributed by atoms with E-state index in [4.69, 9.17) is 16.0 Å². The molecule has 4 heteroatoms. The van der Waals surface area contributed by atoms with E-state index >= 15 is 0 Å². The second-order valence-corrected chi connectivity index (χ2v) is 3.98. The van der Waals surface area contributed by atoms with Crippen LogP contribution in [0.3, 0.4) is 0 Å². The highest BCUT2D eigenvalue weighted by Crippen LogP contribution is 2.26. The van der Waals surface area contributed by atoms with E-state index in [0.29, 0.717) is 5.89 Å². The van der Waals surface area contributed by atoms with Gasteiger partial charge in [0.2, 0.25) is 5.89 Å². The number of aromatic nitrogens is 2. The van der Waals surface area contributed by atoms with Crippen LogP contribution in [0.2, 0.25) is 5.35 Å². The van der Waals surface area contributed by atoms with E-state index in [0.717, 1.165) is 12.3 Å². The van der Waals surface area contributed by atoms with Crippen molar-refractivity contribution in [2.45, 2.75) is 38.5 Å². The van der Waals surface area contributed by atoms with Gasteiger partial charge in [-0.05, 0) is 30.4 Å². The predicted octanol–water partition coefficient (Wildman–Crippen LogP) is 2.85. The Morgan fingerprint density at radius 2 is 2.00 bits per heavy atom. The Labute approximate surface area is 82.5 Å². The molecule has 0 spiro atoms. The van der Waals surface area contributed by atoms with E-state index in [1.54, 1.807) is 0 Å². The molecule has 0 saturated heterocycles. The van der Waals surface area contributed by atoms with Crippen LogP contribution in [-0.4, -0.2) is 10.2 Å². The zero-order valence-corrected chi connectivity index (χ0v) is 8.26. The topological polar surface area (TPSA) is 38.9 Å². The van der Waals surface area contributed by atoms with E-state index in [1.165, 1.54) is 32.1 Å². The molecule has 0 aliphatic heterocycles. The molecular weight excluding hydrogens is 188 g/mol. The molecule has 2 rings (SSSR count). The number of nitrogens with zero attached hydrogens (tertiary/aromatic N) is 2. The molecule has 0 N–H and O–H groups in total. The molecule has 3 nitrogen and oxygen atoms in total. The molecule has 1 aromatic heterocycles. The maximum atomic E-state index is 5.54. The van der Waals surface area contributed by atoms with Crippen molar-refractivity contribution in [2.75, 3.05) is 0 Å². The first-order valence-electron chi connectivity index (χ1n) is 4.82. The maximum Gasteiger partial charge on any atom is 0.312 e. The molecule has 1 heterocycles. The molecule has 0 atom stereocenters. The van der Waals surface area contributed by atoms with Crippen LogP contribution in [0, 0.1) is 5.92 Å². The van der Waals surface area contributed by atoms with Gasteiger partial charge in [0.05, 0.1) is 0 Å². The van der Waals surface area contributed by atoms with Crippen molar-refractivity contribution in [1.82, 2.24) is 10.2 Å². The van der Waals surface area contributed by atoms with Crippen LogP contribution in [0.4, 0.5) is 0 Å². The molecule has 0 bridgehead atoms. The SMILES string of the molecule is Clc1nnc(CC2CCCCC2)o1. The Balaban J connectivity index is 1.89. The van der Waals surface area contributed by atoms with Crippen LogP contribution in [-0.2, 0) is 6.42 Å². The number of hydrogen-bond acceptors (Lipinski definition) is 3. The molecule has 0 amide bonds. The van der Waals surface area contributed by atoms with Crippen LogP contribution in [0.25, 0.3) is 0 Å². The molecule has 72 valence electrons. The van der Waals surface area contributed by atoms with E-state index in [2.05, 4.69) is 10.2 Å². The van der Waals surface area contributed by atoms with Crippen LogP contribution >= 0.6 is 11.6 Å². The van der Waals surface area contributed by atoms with Gasteiger partial charge in [0.1, 0.15) is 0 Å². The van der Waals surface area contributed by atoms with Gasteiger partial charge in [-0.3, -0.25) is 0 Å². The van der Waals surface area contributed by atoms with Crippen molar-refractivity contribution < 1.29 is 4.42 Å². The summed E-state index contributed by atoms with van der Waals surface area (Å²) in [6, 6.07) is 0. The quantitative estimate of drug-likeness (QED) is 0.737. The molecule has 1 aliphatic carbocycles. The van der Waals surface area contributed by atoms with Crippen molar-refractivity contribution >= 4 is 11.6 Å². The molecule has 1 aromatic rings. The summed E-state index contributed by atoms with van der Waals surface area (Å²) in [7, 11) is 0. The lowest BCUT2D eigenvalue weighted by atomic mass is 9.87. The predicted molar refractivity (Wildman–Crippen MR) is 49.6 cm³/mol. The summed E-state index contributed by atoms with van der Waals surface area (Å²) < 4.78 is 5.13. The lowest BCUT2D eigenvalue weighted by Crippen LogP contribution is -2.09. The molecule has 0 unspecified atom stereocenters. The fraction of sp³-hybridized carbons (Fsp3) is 0.778. The van der Waals surface area contributed by atoms with Crippen molar-refractivity contribution in [3.63, 3.8) is 0 Å². The smallest absolute Gasteiger partial charge is 0.312 e. The zero-order chi connectivity index (χ0) is 9.10. The van der Waals surface area contributed by atoms with Gasteiger partial charge in [0.15, 0.2) is 0 Å². The second-order valence-electron chi connectivity index (χ2n) is 3.66. The number of rotatable bonds is 2. The normalized spacial score (nSPS) is 19.2.